The van der Waals surface area contributed by atoms with Crippen molar-refractivity contribution in [3.8, 4) is 0 Å². The zero-order chi connectivity index (χ0) is 58.5. The molecule has 0 aromatic heterocycles. The average molecular weight is 1130 g/mol. The molecule has 466 valence electrons. The number of unbranched alkanes of at least 4 members (excludes halogenated alkanes) is 36. The van der Waals surface area contributed by atoms with Crippen LogP contribution in [0.25, 0.3) is 0 Å². The molecule has 1 atom stereocenters. The predicted molar refractivity (Wildman–Crippen MR) is 353 cm³/mol. The highest BCUT2D eigenvalue weighted by molar-refractivity contribution is 5.71. The van der Waals surface area contributed by atoms with Gasteiger partial charge in [-0.15, -0.1) is 0 Å². The summed E-state index contributed by atoms with van der Waals surface area (Å²) in [6.07, 6.45) is 92.9. The topological polar surface area (TPSA) is 78.9 Å². The lowest BCUT2D eigenvalue weighted by atomic mass is 10.0. The number of carbonyl (C=O) groups excluding carboxylic acids is 3. The number of esters is 3. The van der Waals surface area contributed by atoms with E-state index in [-0.39, 0.29) is 31.1 Å². The first kappa shape index (κ1) is 77.3. The molecule has 0 saturated carbocycles. The summed E-state index contributed by atoms with van der Waals surface area (Å²) < 4.78 is 16.9. The van der Waals surface area contributed by atoms with Gasteiger partial charge in [0.05, 0.1) is 0 Å². The Kier molecular flexibility index (Phi) is 65.7. The minimum absolute atomic E-state index is 0.0821. The molecule has 0 aliphatic rings. The smallest absolute Gasteiger partial charge is 0.306 e. The predicted octanol–water partition coefficient (Wildman–Crippen LogP) is 24.0. The van der Waals surface area contributed by atoms with Crippen LogP contribution in [0.3, 0.4) is 0 Å². The van der Waals surface area contributed by atoms with E-state index in [0.29, 0.717) is 19.3 Å². The van der Waals surface area contributed by atoms with E-state index in [1.165, 1.54) is 180 Å². The van der Waals surface area contributed by atoms with Gasteiger partial charge in [0, 0.05) is 19.3 Å². The normalized spacial score (nSPS) is 12.7. The van der Waals surface area contributed by atoms with E-state index < -0.39 is 6.10 Å². The highest BCUT2D eigenvalue weighted by Crippen LogP contribution is 2.17. The standard InChI is InChI=1S/C75H130O6/c1-4-7-10-13-16-19-22-24-26-28-30-32-33-34-35-36-37-38-39-40-41-43-44-46-48-50-53-56-59-62-65-68-74(77)80-71-72(70-79-73(76)67-64-61-58-55-52-21-18-15-12-9-6-3)81-75(78)69-66-63-60-57-54-51-49-47-45-42-31-29-27-25-23-20-17-14-11-8-5-2/h8,11,17,20,22,24-25,27-28,30-31,33-34,42,47,49,72H,4-7,9-10,12-16,18-19,21,23,26,29,32,35-41,43-46,48,50-71H2,1-3H3/b11-8-,20-17-,24-22-,27-25-,30-28-,34-33-,42-31-,49-47-. The third-order valence-corrected chi connectivity index (χ3v) is 15.1. The molecule has 0 heterocycles. The minimum Gasteiger partial charge on any atom is -0.462 e. The van der Waals surface area contributed by atoms with Crippen LogP contribution in [-0.4, -0.2) is 37.2 Å². The Hall–Kier alpha value is -3.67. The van der Waals surface area contributed by atoms with Gasteiger partial charge in [-0.1, -0.05) is 317 Å². The van der Waals surface area contributed by atoms with Gasteiger partial charge >= 0.3 is 17.9 Å². The van der Waals surface area contributed by atoms with Crippen LogP contribution in [-0.2, 0) is 28.6 Å². The third kappa shape index (κ3) is 67.0. The van der Waals surface area contributed by atoms with Gasteiger partial charge in [0.1, 0.15) is 13.2 Å². The Morgan fingerprint density at radius 1 is 0.259 bits per heavy atom. The van der Waals surface area contributed by atoms with Crippen molar-refractivity contribution in [2.75, 3.05) is 13.2 Å². The summed E-state index contributed by atoms with van der Waals surface area (Å²) in [6, 6.07) is 0. The average Bonchev–Trinajstić information content (AvgIpc) is 3.47. The highest BCUT2D eigenvalue weighted by Gasteiger charge is 2.19. The van der Waals surface area contributed by atoms with Crippen LogP contribution in [0.5, 0.6) is 0 Å². The molecule has 0 saturated heterocycles. The fourth-order valence-corrected chi connectivity index (χ4v) is 9.89. The number of carbonyl (C=O) groups is 3. The summed E-state index contributed by atoms with van der Waals surface area (Å²) in [5.41, 5.74) is 0. The third-order valence-electron chi connectivity index (χ3n) is 15.1. The maximum absolute atomic E-state index is 12.9. The molecule has 0 amide bonds. The Bertz CT molecular complexity index is 1580. The summed E-state index contributed by atoms with van der Waals surface area (Å²) in [6.45, 7) is 6.53. The van der Waals surface area contributed by atoms with Gasteiger partial charge in [0.2, 0.25) is 0 Å². The lowest BCUT2D eigenvalue weighted by Crippen LogP contribution is -2.30. The second kappa shape index (κ2) is 68.8. The van der Waals surface area contributed by atoms with Crippen molar-refractivity contribution in [3.63, 3.8) is 0 Å². The zero-order valence-electron chi connectivity index (χ0n) is 53.5. The van der Waals surface area contributed by atoms with E-state index in [0.717, 1.165) is 122 Å². The Morgan fingerprint density at radius 3 is 0.753 bits per heavy atom. The molecule has 0 aromatic carbocycles. The summed E-state index contributed by atoms with van der Waals surface area (Å²) in [7, 11) is 0. The van der Waals surface area contributed by atoms with Crippen molar-refractivity contribution in [2.45, 2.75) is 348 Å². The van der Waals surface area contributed by atoms with E-state index >= 15 is 0 Å². The number of hydrogen-bond acceptors (Lipinski definition) is 6. The first-order chi connectivity index (χ1) is 40.0. The van der Waals surface area contributed by atoms with Crippen molar-refractivity contribution in [3.05, 3.63) is 97.2 Å². The van der Waals surface area contributed by atoms with Crippen molar-refractivity contribution in [2.24, 2.45) is 0 Å². The minimum atomic E-state index is -0.787. The molecule has 81 heavy (non-hydrogen) atoms. The Morgan fingerprint density at radius 2 is 0.481 bits per heavy atom. The molecule has 0 aliphatic heterocycles. The monoisotopic (exact) mass is 1130 g/mol. The molecule has 0 aromatic rings. The van der Waals surface area contributed by atoms with Crippen LogP contribution in [0.2, 0.25) is 0 Å². The summed E-state index contributed by atoms with van der Waals surface area (Å²) in [4.78, 5) is 38.3. The fraction of sp³-hybridized carbons (Fsp3) is 0.747. The van der Waals surface area contributed by atoms with Gasteiger partial charge in [0.15, 0.2) is 6.10 Å². The van der Waals surface area contributed by atoms with Crippen molar-refractivity contribution in [1.29, 1.82) is 0 Å². The molecule has 0 fully saturated rings. The molecule has 6 heteroatoms. The van der Waals surface area contributed by atoms with Gasteiger partial charge < -0.3 is 14.2 Å². The highest BCUT2D eigenvalue weighted by atomic mass is 16.6. The maximum atomic E-state index is 12.9. The molecule has 0 N–H and O–H groups in total. The quantitative estimate of drug-likeness (QED) is 0.0261. The van der Waals surface area contributed by atoms with E-state index in [9.17, 15) is 14.4 Å². The van der Waals surface area contributed by atoms with Crippen LogP contribution in [0, 0.1) is 0 Å². The molecule has 1 unspecified atom stereocenters. The van der Waals surface area contributed by atoms with Gasteiger partial charge in [-0.3, -0.25) is 14.4 Å². The molecule has 0 aliphatic carbocycles. The van der Waals surface area contributed by atoms with Gasteiger partial charge in [-0.25, -0.2) is 0 Å². The van der Waals surface area contributed by atoms with Crippen molar-refractivity contribution in [1.82, 2.24) is 0 Å². The molecule has 0 spiro atoms. The van der Waals surface area contributed by atoms with Crippen LogP contribution in [0.15, 0.2) is 97.2 Å². The summed E-state index contributed by atoms with van der Waals surface area (Å²) in [5, 5.41) is 0. The van der Waals surface area contributed by atoms with Crippen LogP contribution < -0.4 is 0 Å². The van der Waals surface area contributed by atoms with E-state index in [2.05, 4.69) is 118 Å². The molecule has 0 radical (unpaired) electrons. The Labute approximate surface area is 502 Å². The number of ether oxygens (including phenoxy) is 3. The largest absolute Gasteiger partial charge is 0.462 e. The SMILES string of the molecule is CC/C=C\C/C=C\C/C=C\C/C=C\C/C=C\CCCCCCCC(=O)OC(COC(=O)CCCCCCCCCCCCC)COC(=O)CCCCCCCCCCCCCCCCCC/C=C\C/C=C\C/C=C\CCCCCCC. The first-order valence-electron chi connectivity index (χ1n) is 34.7. The molecule has 0 rings (SSSR count). The number of rotatable bonds is 63. The van der Waals surface area contributed by atoms with E-state index in [4.69, 9.17) is 14.2 Å². The second-order valence-electron chi connectivity index (χ2n) is 23.1. The number of hydrogen-bond donors (Lipinski definition) is 0. The lowest BCUT2D eigenvalue weighted by Gasteiger charge is -2.18. The fourth-order valence-electron chi connectivity index (χ4n) is 9.89. The summed E-state index contributed by atoms with van der Waals surface area (Å²) in [5.74, 6) is -0.888. The van der Waals surface area contributed by atoms with Gasteiger partial charge in [-0.2, -0.15) is 0 Å². The Balaban J connectivity index is 4.21. The van der Waals surface area contributed by atoms with Gasteiger partial charge in [0.25, 0.3) is 0 Å². The van der Waals surface area contributed by atoms with Crippen molar-refractivity contribution >= 4 is 17.9 Å². The second-order valence-corrected chi connectivity index (χ2v) is 23.1. The van der Waals surface area contributed by atoms with Crippen LogP contribution >= 0.6 is 0 Å². The molecule has 6 nitrogen and oxygen atoms in total. The molecular weight excluding hydrogens is 997 g/mol. The first-order valence-corrected chi connectivity index (χ1v) is 34.7. The number of allylic oxidation sites excluding steroid dienone is 16. The van der Waals surface area contributed by atoms with Gasteiger partial charge in [-0.05, 0) is 103 Å². The van der Waals surface area contributed by atoms with Crippen LogP contribution in [0.4, 0.5) is 0 Å². The van der Waals surface area contributed by atoms with Crippen LogP contribution in [0.1, 0.15) is 342 Å². The van der Waals surface area contributed by atoms with E-state index in [1.54, 1.807) is 0 Å². The molecular formula is C75H130O6. The summed E-state index contributed by atoms with van der Waals surface area (Å²) >= 11 is 0. The van der Waals surface area contributed by atoms with E-state index in [1.807, 2.05) is 0 Å². The van der Waals surface area contributed by atoms with Crippen molar-refractivity contribution < 1.29 is 28.6 Å². The lowest BCUT2D eigenvalue weighted by molar-refractivity contribution is -0.167. The maximum Gasteiger partial charge on any atom is 0.306 e. The zero-order valence-corrected chi connectivity index (χ0v) is 53.5. The molecule has 0 bridgehead atoms.